The molecule has 0 aliphatic carbocycles. The first kappa shape index (κ1) is 7.12. The molecule has 3 nitrogen and oxygen atoms in total. The van der Waals surface area contributed by atoms with E-state index >= 15 is 0 Å². The summed E-state index contributed by atoms with van der Waals surface area (Å²) < 4.78 is 3.81. The van der Waals surface area contributed by atoms with Crippen LogP contribution in [0.5, 0.6) is 0 Å². The predicted octanol–water partition coefficient (Wildman–Crippen LogP) is -0.0666. The summed E-state index contributed by atoms with van der Waals surface area (Å²) in [6.45, 7) is 2.10. The first-order valence-corrected chi connectivity index (χ1v) is 3.40. The average molecular weight is 141 g/mol. The van der Waals surface area contributed by atoms with Crippen molar-refractivity contribution < 1.29 is 9.40 Å². The van der Waals surface area contributed by atoms with Crippen molar-refractivity contribution in [3.8, 4) is 0 Å². The third-order valence-corrected chi connectivity index (χ3v) is 1.60. The minimum Gasteiger partial charge on any atom is -0.339 e. The fraction of sp³-hybridized carbons (Fsp3) is 0.571. The van der Waals surface area contributed by atoms with Crippen molar-refractivity contribution >= 4 is 0 Å². The Hall–Kier alpha value is -0.990. The molecule has 10 heavy (non-hydrogen) atoms. The Morgan fingerprint density at radius 2 is 2.40 bits per heavy atom. The van der Waals surface area contributed by atoms with Gasteiger partial charge in [0.15, 0.2) is 6.20 Å². The van der Waals surface area contributed by atoms with Gasteiger partial charge in [-0.25, -0.2) is 4.57 Å². The summed E-state index contributed by atoms with van der Waals surface area (Å²) in [4.78, 5) is 5.05. The van der Waals surface area contributed by atoms with Crippen LogP contribution in [0.15, 0.2) is 12.4 Å². The van der Waals surface area contributed by atoms with Crippen molar-refractivity contribution in [2.45, 2.75) is 13.3 Å². The highest BCUT2D eigenvalue weighted by molar-refractivity contribution is 4.78. The Bertz CT molecular complexity index is 217. The number of nitrogens with zero attached hydrogens (tertiary/aromatic N) is 2. The fourth-order valence-corrected chi connectivity index (χ4v) is 1.06. The van der Waals surface area contributed by atoms with Crippen LogP contribution in [0.3, 0.4) is 0 Å². The molecule has 0 bridgehead atoms. The van der Waals surface area contributed by atoms with Gasteiger partial charge < -0.3 is 4.84 Å². The van der Waals surface area contributed by atoms with E-state index in [-0.39, 0.29) is 0 Å². The highest BCUT2D eigenvalue weighted by atomic mass is 16.6. The van der Waals surface area contributed by atoms with Gasteiger partial charge in [0.25, 0.3) is 5.82 Å². The summed E-state index contributed by atoms with van der Waals surface area (Å²) in [6, 6.07) is 0. The smallest absolute Gasteiger partial charge is 0.295 e. The molecule has 0 unspecified atom stereocenters. The maximum atomic E-state index is 5.05. The van der Waals surface area contributed by atoms with Gasteiger partial charge >= 0.3 is 0 Å². The van der Waals surface area contributed by atoms with Gasteiger partial charge in [-0.05, 0) is 0 Å². The molecule has 0 fully saturated rings. The third kappa shape index (κ3) is 0.988. The van der Waals surface area contributed by atoms with Crippen LogP contribution < -0.4 is 9.40 Å². The molecule has 0 N–H and O–H groups in total. The van der Waals surface area contributed by atoms with E-state index in [2.05, 4.69) is 6.92 Å². The predicted molar refractivity (Wildman–Crippen MR) is 37.5 cm³/mol. The first-order chi connectivity index (χ1) is 4.79. The Labute approximate surface area is 60.8 Å². The lowest BCUT2D eigenvalue weighted by Crippen LogP contribution is -2.32. The van der Waals surface area contributed by atoms with Crippen molar-refractivity contribution in [2.24, 2.45) is 7.05 Å². The molecule has 1 rings (SSSR count). The molecule has 0 atom stereocenters. The summed E-state index contributed by atoms with van der Waals surface area (Å²) in [7, 11) is 3.67. The van der Waals surface area contributed by atoms with E-state index in [1.54, 1.807) is 11.8 Å². The van der Waals surface area contributed by atoms with Gasteiger partial charge in [-0.2, -0.15) is 0 Å². The molecule has 0 spiro atoms. The van der Waals surface area contributed by atoms with Gasteiger partial charge in [-0.15, -0.1) is 0 Å². The highest BCUT2D eigenvalue weighted by Gasteiger charge is 2.10. The van der Waals surface area contributed by atoms with Crippen LogP contribution in [-0.2, 0) is 13.5 Å². The summed E-state index contributed by atoms with van der Waals surface area (Å²) in [5.41, 5.74) is 0. The fourth-order valence-electron chi connectivity index (χ4n) is 1.06. The lowest BCUT2D eigenvalue weighted by Gasteiger charge is -1.94. The Morgan fingerprint density at radius 1 is 1.70 bits per heavy atom. The summed E-state index contributed by atoms with van der Waals surface area (Å²) in [5.74, 6) is 1.17. The van der Waals surface area contributed by atoms with Crippen molar-refractivity contribution in [1.29, 1.82) is 0 Å². The Balaban J connectivity index is 3.01. The minimum atomic E-state index is 0.983. The number of hydrogen-bond acceptors (Lipinski definition) is 1. The van der Waals surface area contributed by atoms with Crippen LogP contribution in [-0.4, -0.2) is 11.8 Å². The second kappa shape index (κ2) is 2.73. The van der Waals surface area contributed by atoms with Crippen LogP contribution in [0.2, 0.25) is 0 Å². The summed E-state index contributed by atoms with van der Waals surface area (Å²) >= 11 is 0. The zero-order valence-corrected chi connectivity index (χ0v) is 6.66. The quantitative estimate of drug-likeness (QED) is 0.527. The van der Waals surface area contributed by atoms with Crippen molar-refractivity contribution in [1.82, 2.24) is 4.73 Å². The van der Waals surface area contributed by atoms with E-state index < -0.39 is 0 Å². The maximum Gasteiger partial charge on any atom is 0.295 e. The second-order valence-electron chi connectivity index (χ2n) is 2.19. The van der Waals surface area contributed by atoms with Gasteiger partial charge in [0, 0.05) is 0 Å². The molecule has 0 radical (unpaired) electrons. The molecular weight excluding hydrogens is 128 g/mol. The van der Waals surface area contributed by atoms with Crippen LogP contribution in [0.25, 0.3) is 0 Å². The number of aromatic nitrogens is 2. The van der Waals surface area contributed by atoms with Crippen LogP contribution in [0, 0.1) is 0 Å². The molecule has 0 aliphatic rings. The largest absolute Gasteiger partial charge is 0.339 e. The van der Waals surface area contributed by atoms with Crippen molar-refractivity contribution in [3.63, 3.8) is 0 Å². The maximum absolute atomic E-state index is 5.05. The van der Waals surface area contributed by atoms with Crippen LogP contribution >= 0.6 is 0 Å². The summed E-state index contributed by atoms with van der Waals surface area (Å²) in [6.07, 6.45) is 4.86. The third-order valence-electron chi connectivity index (χ3n) is 1.60. The molecule has 1 heterocycles. The zero-order chi connectivity index (χ0) is 7.56. The molecule has 0 saturated carbocycles. The van der Waals surface area contributed by atoms with E-state index in [1.165, 1.54) is 5.82 Å². The second-order valence-corrected chi connectivity index (χ2v) is 2.19. The number of imidazole rings is 1. The van der Waals surface area contributed by atoms with Gasteiger partial charge in [-0.3, -0.25) is 0 Å². The first-order valence-electron chi connectivity index (χ1n) is 3.40. The van der Waals surface area contributed by atoms with Gasteiger partial charge in [0.1, 0.15) is 13.3 Å². The average Bonchev–Trinajstić information content (AvgIpc) is 2.30. The molecule has 0 aliphatic heterocycles. The van der Waals surface area contributed by atoms with Crippen LogP contribution in [0.1, 0.15) is 12.7 Å². The highest BCUT2D eigenvalue weighted by Crippen LogP contribution is 1.90. The zero-order valence-electron chi connectivity index (χ0n) is 6.66. The SMILES string of the molecule is CCc1n(OC)cc[n+]1C. The van der Waals surface area contributed by atoms with E-state index in [4.69, 9.17) is 4.84 Å². The van der Waals surface area contributed by atoms with Crippen molar-refractivity contribution in [3.05, 3.63) is 18.2 Å². The van der Waals surface area contributed by atoms with Crippen molar-refractivity contribution in [2.75, 3.05) is 7.11 Å². The van der Waals surface area contributed by atoms with Gasteiger partial charge in [0.2, 0.25) is 0 Å². The molecule has 3 heteroatoms. The lowest BCUT2D eigenvalue weighted by atomic mass is 10.5. The van der Waals surface area contributed by atoms with Gasteiger partial charge in [-0.1, -0.05) is 11.7 Å². The van der Waals surface area contributed by atoms with Crippen LogP contribution in [0.4, 0.5) is 0 Å². The normalized spacial score (nSPS) is 9.90. The van der Waals surface area contributed by atoms with E-state index in [0.717, 1.165) is 6.42 Å². The number of hydrogen-bond donors (Lipinski definition) is 0. The molecule has 0 saturated heterocycles. The Morgan fingerprint density at radius 3 is 2.80 bits per heavy atom. The van der Waals surface area contributed by atoms with E-state index in [0.29, 0.717) is 0 Å². The molecule has 0 amide bonds. The van der Waals surface area contributed by atoms with E-state index in [1.807, 2.05) is 24.0 Å². The summed E-state index contributed by atoms with van der Waals surface area (Å²) in [5, 5.41) is 0. The lowest BCUT2D eigenvalue weighted by molar-refractivity contribution is -0.679. The molecule has 1 aromatic heterocycles. The number of aryl methyl sites for hydroxylation is 1. The molecular formula is C7H13N2O+. The topological polar surface area (TPSA) is 18.0 Å². The molecule has 56 valence electrons. The standard InChI is InChI=1S/C7H13N2O/c1-4-7-8(2)5-6-9(7)10-3/h5-6H,4H2,1-3H3/q+1. The minimum absolute atomic E-state index is 0.983. The van der Waals surface area contributed by atoms with Gasteiger partial charge in [0.05, 0.1) is 13.5 Å². The molecule has 0 aromatic carbocycles. The number of rotatable bonds is 2. The molecule has 1 aromatic rings. The van der Waals surface area contributed by atoms with E-state index in [9.17, 15) is 0 Å². The Kier molecular flexibility index (Phi) is 1.94. The monoisotopic (exact) mass is 141 g/mol.